The Morgan fingerprint density at radius 1 is 0.958 bits per heavy atom. The molecule has 3 heterocycles. The molecule has 0 aliphatic carbocycles. The van der Waals surface area contributed by atoms with Crippen LogP contribution in [0.2, 0.25) is 0 Å². The maximum absolute atomic E-state index is 5.52. The Labute approximate surface area is 141 Å². The van der Waals surface area contributed by atoms with Crippen molar-refractivity contribution in [2.75, 3.05) is 31.2 Å². The molecule has 24 heavy (non-hydrogen) atoms. The molecule has 2 aliphatic rings. The minimum absolute atomic E-state index is 0.270. The average molecular weight is 329 g/mol. The van der Waals surface area contributed by atoms with Crippen LogP contribution in [0, 0.1) is 0 Å². The molecular weight excluding hydrogens is 306 g/mol. The van der Waals surface area contributed by atoms with E-state index in [1.54, 1.807) is 0 Å². The lowest BCUT2D eigenvalue weighted by Crippen LogP contribution is -2.29. The first-order chi connectivity index (χ1) is 11.9. The minimum atomic E-state index is -0.270. The van der Waals surface area contributed by atoms with Crippen molar-refractivity contribution in [2.24, 2.45) is 0 Å². The molecule has 0 amide bonds. The maximum atomic E-state index is 5.52. The molecule has 6 nitrogen and oxygen atoms in total. The van der Waals surface area contributed by atoms with Gasteiger partial charge >= 0.3 is 0 Å². The summed E-state index contributed by atoms with van der Waals surface area (Å²) < 4.78 is 16.4. The van der Waals surface area contributed by atoms with Gasteiger partial charge in [0.1, 0.15) is 0 Å². The fourth-order valence-electron chi connectivity index (χ4n) is 3.23. The van der Waals surface area contributed by atoms with Gasteiger partial charge in [0.05, 0.1) is 19.6 Å². The standard InChI is InChI=1S/C18H23N3O3/c1-2-9-21(10-3-1)15-7-5-14(6-8-15)18-19-16(24-20-18)13-17-22-11-4-12-23-17/h5-8,17H,1-4,9-13H2. The van der Waals surface area contributed by atoms with Crippen LogP contribution in [0.5, 0.6) is 0 Å². The summed E-state index contributed by atoms with van der Waals surface area (Å²) in [5, 5.41) is 4.08. The van der Waals surface area contributed by atoms with Crippen molar-refractivity contribution >= 4 is 5.69 Å². The SMILES string of the molecule is c1cc(N2CCCCC2)ccc1-c1noc(CC2OCCCO2)n1. The molecule has 2 aromatic rings. The number of aromatic nitrogens is 2. The third-order valence-electron chi connectivity index (χ3n) is 4.55. The number of ether oxygens (including phenoxy) is 2. The summed E-state index contributed by atoms with van der Waals surface area (Å²) in [4.78, 5) is 6.90. The second-order valence-corrected chi connectivity index (χ2v) is 6.34. The van der Waals surface area contributed by atoms with Crippen molar-refractivity contribution in [2.45, 2.75) is 38.4 Å². The van der Waals surface area contributed by atoms with Crippen LogP contribution < -0.4 is 4.90 Å². The quantitative estimate of drug-likeness (QED) is 0.859. The third kappa shape index (κ3) is 3.60. The molecule has 2 fully saturated rings. The van der Waals surface area contributed by atoms with Crippen molar-refractivity contribution < 1.29 is 14.0 Å². The number of anilines is 1. The Morgan fingerprint density at radius 2 is 1.71 bits per heavy atom. The Hall–Kier alpha value is -1.92. The normalized spacial score (nSPS) is 19.6. The van der Waals surface area contributed by atoms with Crippen molar-refractivity contribution in [1.82, 2.24) is 10.1 Å². The van der Waals surface area contributed by atoms with Crippen molar-refractivity contribution in [3.63, 3.8) is 0 Å². The highest BCUT2D eigenvalue weighted by Gasteiger charge is 2.19. The fourth-order valence-corrected chi connectivity index (χ4v) is 3.23. The van der Waals surface area contributed by atoms with Crippen LogP contribution in [0.25, 0.3) is 11.4 Å². The van der Waals surface area contributed by atoms with Gasteiger partial charge in [0.2, 0.25) is 11.7 Å². The van der Waals surface area contributed by atoms with Crippen LogP contribution in [-0.2, 0) is 15.9 Å². The summed E-state index contributed by atoms with van der Waals surface area (Å²) in [6.45, 7) is 3.74. The number of nitrogens with zero attached hydrogens (tertiary/aromatic N) is 3. The summed E-state index contributed by atoms with van der Waals surface area (Å²) >= 11 is 0. The number of piperidine rings is 1. The smallest absolute Gasteiger partial charge is 0.232 e. The zero-order valence-electron chi connectivity index (χ0n) is 13.8. The summed E-state index contributed by atoms with van der Waals surface area (Å²) in [6, 6.07) is 8.41. The molecule has 1 aromatic carbocycles. The monoisotopic (exact) mass is 329 g/mol. The summed E-state index contributed by atoms with van der Waals surface area (Å²) in [7, 11) is 0. The predicted octanol–water partition coefficient (Wildman–Crippen LogP) is 3.03. The molecule has 0 unspecified atom stereocenters. The number of rotatable bonds is 4. The molecule has 0 atom stereocenters. The van der Waals surface area contributed by atoms with Gasteiger partial charge in [-0.25, -0.2) is 0 Å². The summed E-state index contributed by atoms with van der Waals surface area (Å²) in [5.74, 6) is 1.17. The number of hydrogen-bond acceptors (Lipinski definition) is 6. The number of benzene rings is 1. The molecule has 0 spiro atoms. The van der Waals surface area contributed by atoms with E-state index < -0.39 is 0 Å². The highest BCUT2D eigenvalue weighted by atomic mass is 16.7. The molecule has 0 N–H and O–H groups in total. The second-order valence-electron chi connectivity index (χ2n) is 6.34. The van der Waals surface area contributed by atoms with E-state index >= 15 is 0 Å². The van der Waals surface area contributed by atoms with E-state index in [4.69, 9.17) is 14.0 Å². The Bertz CT molecular complexity index is 644. The minimum Gasteiger partial charge on any atom is -0.372 e. The van der Waals surface area contributed by atoms with Crippen molar-refractivity contribution in [3.8, 4) is 11.4 Å². The molecule has 2 aliphatic heterocycles. The largest absolute Gasteiger partial charge is 0.372 e. The first-order valence-electron chi connectivity index (χ1n) is 8.80. The molecule has 4 rings (SSSR count). The number of hydrogen-bond donors (Lipinski definition) is 0. The van der Waals surface area contributed by atoms with E-state index in [1.807, 2.05) is 0 Å². The van der Waals surface area contributed by atoms with E-state index in [0.717, 1.165) is 38.3 Å². The van der Waals surface area contributed by atoms with Gasteiger partial charge in [0.25, 0.3) is 0 Å². The molecular formula is C18H23N3O3. The van der Waals surface area contributed by atoms with Gasteiger partial charge in [-0.05, 0) is 49.9 Å². The molecule has 2 saturated heterocycles. The van der Waals surface area contributed by atoms with Gasteiger partial charge in [-0.2, -0.15) is 4.98 Å². The lowest BCUT2D eigenvalue weighted by Gasteiger charge is -2.28. The Morgan fingerprint density at radius 3 is 2.46 bits per heavy atom. The van der Waals surface area contributed by atoms with Gasteiger partial charge in [-0.3, -0.25) is 0 Å². The first kappa shape index (κ1) is 15.6. The fraction of sp³-hybridized carbons (Fsp3) is 0.556. The van der Waals surface area contributed by atoms with E-state index in [-0.39, 0.29) is 6.29 Å². The van der Waals surface area contributed by atoms with Gasteiger partial charge in [0.15, 0.2) is 6.29 Å². The molecule has 6 heteroatoms. The van der Waals surface area contributed by atoms with Crippen molar-refractivity contribution in [3.05, 3.63) is 30.2 Å². The lowest BCUT2D eigenvalue weighted by atomic mass is 10.1. The topological polar surface area (TPSA) is 60.6 Å². The van der Waals surface area contributed by atoms with Gasteiger partial charge in [-0.1, -0.05) is 5.16 Å². The first-order valence-corrected chi connectivity index (χ1v) is 8.80. The van der Waals surface area contributed by atoms with Gasteiger partial charge in [-0.15, -0.1) is 0 Å². The average Bonchev–Trinajstić information content (AvgIpc) is 3.12. The summed E-state index contributed by atoms with van der Waals surface area (Å²) in [5.41, 5.74) is 2.24. The second kappa shape index (κ2) is 7.32. The molecule has 1 aromatic heterocycles. The van der Waals surface area contributed by atoms with E-state index in [1.165, 1.54) is 24.9 Å². The van der Waals surface area contributed by atoms with Gasteiger partial charge in [0, 0.05) is 24.3 Å². The van der Waals surface area contributed by atoms with Crippen LogP contribution in [0.4, 0.5) is 5.69 Å². The zero-order chi connectivity index (χ0) is 16.2. The summed E-state index contributed by atoms with van der Waals surface area (Å²) in [6.07, 6.45) is 5.07. The Balaban J connectivity index is 1.42. The van der Waals surface area contributed by atoms with Crippen LogP contribution in [0.15, 0.2) is 28.8 Å². The molecule has 128 valence electrons. The van der Waals surface area contributed by atoms with Crippen LogP contribution in [0.3, 0.4) is 0 Å². The molecule has 0 radical (unpaired) electrons. The predicted molar refractivity (Wildman–Crippen MR) is 89.8 cm³/mol. The van der Waals surface area contributed by atoms with Crippen molar-refractivity contribution in [1.29, 1.82) is 0 Å². The Kier molecular flexibility index (Phi) is 4.76. The zero-order valence-corrected chi connectivity index (χ0v) is 13.8. The van der Waals surface area contributed by atoms with E-state index in [2.05, 4.69) is 39.3 Å². The van der Waals surface area contributed by atoms with Gasteiger partial charge < -0.3 is 18.9 Å². The third-order valence-corrected chi connectivity index (χ3v) is 4.55. The van der Waals surface area contributed by atoms with E-state index in [9.17, 15) is 0 Å². The van der Waals surface area contributed by atoms with Crippen LogP contribution >= 0.6 is 0 Å². The lowest BCUT2D eigenvalue weighted by molar-refractivity contribution is -0.179. The van der Waals surface area contributed by atoms with E-state index in [0.29, 0.717) is 18.1 Å². The maximum Gasteiger partial charge on any atom is 0.232 e. The highest BCUT2D eigenvalue weighted by Crippen LogP contribution is 2.24. The highest BCUT2D eigenvalue weighted by molar-refractivity contribution is 5.60. The molecule has 0 bridgehead atoms. The molecule has 0 saturated carbocycles. The van der Waals surface area contributed by atoms with Crippen LogP contribution in [-0.4, -0.2) is 42.7 Å². The van der Waals surface area contributed by atoms with Crippen LogP contribution in [0.1, 0.15) is 31.6 Å².